The number of unbranched alkanes of at least 4 members (excludes halogenated alkanes) is 2. The highest BCUT2D eigenvalue weighted by molar-refractivity contribution is 8.26. The molecule has 2 unspecified atom stereocenters. The molecule has 0 aromatic carbocycles. The molecule has 0 bridgehead atoms. The first-order valence-electron chi connectivity index (χ1n) is 8.00. The fourth-order valence-electron chi connectivity index (χ4n) is 1.63. The Bertz CT molecular complexity index is 218. The van der Waals surface area contributed by atoms with E-state index in [0.29, 0.717) is 0 Å². The first kappa shape index (κ1) is 20.8. The predicted octanol–water partition coefficient (Wildman–Crippen LogP) is 6.93. The van der Waals surface area contributed by atoms with Crippen LogP contribution in [0.4, 0.5) is 0 Å². The lowest BCUT2D eigenvalue weighted by Gasteiger charge is -2.42. The first-order valence-corrected chi connectivity index (χ1v) is 11.2. The monoisotopic (exact) mass is 322 g/mol. The number of rotatable bonds is 9. The van der Waals surface area contributed by atoms with Gasteiger partial charge in [0.2, 0.25) is 0 Å². The van der Waals surface area contributed by atoms with E-state index in [1.807, 2.05) is 0 Å². The second-order valence-corrected chi connectivity index (χ2v) is 13.7. The van der Waals surface area contributed by atoms with Gasteiger partial charge in [0.05, 0.1) is 28.9 Å². The third kappa shape index (κ3) is 8.28. The molecule has 0 aliphatic heterocycles. The molecule has 0 aromatic heterocycles. The molecule has 0 rings (SSSR count). The Morgan fingerprint density at radius 3 is 1.15 bits per heavy atom. The van der Waals surface area contributed by atoms with E-state index in [1.165, 1.54) is 12.8 Å². The van der Waals surface area contributed by atoms with Crippen molar-refractivity contribution in [1.29, 1.82) is 0 Å². The molecule has 0 spiro atoms. The van der Waals surface area contributed by atoms with E-state index >= 15 is 0 Å². The van der Waals surface area contributed by atoms with Crippen molar-refractivity contribution in [2.45, 2.75) is 91.4 Å². The molecule has 0 amide bonds. The van der Waals surface area contributed by atoms with Gasteiger partial charge in [0.15, 0.2) is 0 Å². The molecule has 0 saturated carbocycles. The first-order chi connectivity index (χ1) is 9.14. The van der Waals surface area contributed by atoms with Gasteiger partial charge in [-0.2, -0.15) is 0 Å². The normalized spacial score (nSPS) is 16.2. The summed E-state index contributed by atoms with van der Waals surface area (Å²) in [7, 11) is -1.08. The molecular formula is C16H36O2P2. The van der Waals surface area contributed by atoms with Crippen LogP contribution in [-0.4, -0.2) is 23.5 Å². The fraction of sp³-hybridized carbons (Fsp3) is 1.00. The zero-order valence-corrected chi connectivity index (χ0v) is 16.7. The molecule has 2 nitrogen and oxygen atoms in total. The van der Waals surface area contributed by atoms with Crippen LogP contribution < -0.4 is 0 Å². The summed E-state index contributed by atoms with van der Waals surface area (Å²) in [6.07, 6.45) is 4.68. The van der Waals surface area contributed by atoms with Crippen molar-refractivity contribution in [2.75, 3.05) is 13.2 Å². The van der Waals surface area contributed by atoms with Crippen LogP contribution in [0.2, 0.25) is 0 Å². The summed E-state index contributed by atoms with van der Waals surface area (Å²) in [6.45, 7) is 20.0. The fourth-order valence-corrected chi connectivity index (χ4v) is 8.69. The standard InChI is InChI=1S/C16H36O2P2/c1-9-11-13-17-19(15(3,4)5)20(16(6,7)8)18-14-12-10-2/h9-14H2,1-8H3. The minimum atomic E-state index is -0.539. The van der Waals surface area contributed by atoms with Crippen molar-refractivity contribution < 1.29 is 9.05 Å². The maximum Gasteiger partial charge on any atom is 0.0872 e. The van der Waals surface area contributed by atoms with Gasteiger partial charge >= 0.3 is 0 Å². The van der Waals surface area contributed by atoms with Crippen molar-refractivity contribution >= 4 is 15.7 Å². The molecule has 0 saturated heterocycles. The molecule has 0 aliphatic rings. The molecule has 0 N–H and O–H groups in total. The lowest BCUT2D eigenvalue weighted by molar-refractivity contribution is 0.318. The van der Waals surface area contributed by atoms with Crippen LogP contribution in [0, 0.1) is 0 Å². The summed E-state index contributed by atoms with van der Waals surface area (Å²) in [5.74, 6) is 0. The third-order valence-electron chi connectivity index (χ3n) is 2.74. The van der Waals surface area contributed by atoms with Gasteiger partial charge in [-0.25, -0.2) is 0 Å². The van der Waals surface area contributed by atoms with Crippen LogP contribution in [-0.2, 0) is 9.05 Å². The minimum absolute atomic E-state index is 0.189. The van der Waals surface area contributed by atoms with E-state index in [2.05, 4.69) is 55.4 Å². The molecule has 2 atom stereocenters. The molecule has 0 fully saturated rings. The lowest BCUT2D eigenvalue weighted by Crippen LogP contribution is -2.21. The highest BCUT2D eigenvalue weighted by Gasteiger charge is 2.41. The molecule has 20 heavy (non-hydrogen) atoms. The van der Waals surface area contributed by atoms with Crippen LogP contribution in [0.15, 0.2) is 0 Å². The van der Waals surface area contributed by atoms with Crippen LogP contribution in [0.1, 0.15) is 81.1 Å². The van der Waals surface area contributed by atoms with Gasteiger partial charge in [-0.05, 0) is 12.8 Å². The molecular weight excluding hydrogens is 286 g/mol. The van der Waals surface area contributed by atoms with Crippen LogP contribution >= 0.6 is 15.7 Å². The Labute approximate surface area is 130 Å². The smallest absolute Gasteiger partial charge is 0.0872 e. The molecule has 4 heteroatoms. The van der Waals surface area contributed by atoms with E-state index in [1.54, 1.807) is 0 Å². The summed E-state index contributed by atoms with van der Waals surface area (Å²) in [5.41, 5.74) is 0. The van der Waals surface area contributed by atoms with Crippen molar-refractivity contribution in [2.24, 2.45) is 0 Å². The average molecular weight is 322 g/mol. The summed E-state index contributed by atoms with van der Waals surface area (Å²) in [4.78, 5) is 0. The minimum Gasteiger partial charge on any atom is -0.352 e. The van der Waals surface area contributed by atoms with E-state index < -0.39 is 15.7 Å². The molecule has 122 valence electrons. The summed E-state index contributed by atoms with van der Waals surface area (Å²) >= 11 is 0. The average Bonchev–Trinajstić information content (AvgIpc) is 2.29. The Kier molecular flexibility index (Phi) is 10.1. The summed E-state index contributed by atoms with van der Waals surface area (Å²) < 4.78 is 12.7. The van der Waals surface area contributed by atoms with Crippen molar-refractivity contribution in [1.82, 2.24) is 0 Å². The third-order valence-corrected chi connectivity index (χ3v) is 11.5. The van der Waals surface area contributed by atoms with Gasteiger partial charge in [-0.1, -0.05) is 68.2 Å². The van der Waals surface area contributed by atoms with E-state index in [0.717, 1.165) is 26.1 Å². The molecule has 0 heterocycles. The van der Waals surface area contributed by atoms with Gasteiger partial charge in [0, 0.05) is 10.3 Å². The Morgan fingerprint density at radius 1 is 0.650 bits per heavy atom. The molecule has 0 aliphatic carbocycles. The largest absolute Gasteiger partial charge is 0.352 e. The quantitative estimate of drug-likeness (QED) is 0.338. The van der Waals surface area contributed by atoms with Crippen LogP contribution in [0.3, 0.4) is 0 Å². The van der Waals surface area contributed by atoms with Crippen LogP contribution in [0.5, 0.6) is 0 Å². The highest BCUT2D eigenvalue weighted by Crippen LogP contribution is 2.81. The SMILES string of the molecule is CCCCOP(P(OCCCC)C(C)(C)C)C(C)(C)C. The van der Waals surface area contributed by atoms with E-state index in [-0.39, 0.29) is 10.3 Å². The number of hydrogen-bond donors (Lipinski definition) is 0. The number of hydrogen-bond acceptors (Lipinski definition) is 2. The summed E-state index contributed by atoms with van der Waals surface area (Å²) in [6, 6.07) is 0. The second kappa shape index (κ2) is 9.73. The van der Waals surface area contributed by atoms with Crippen molar-refractivity contribution in [3.63, 3.8) is 0 Å². The Hall–Kier alpha value is 0.780. The predicted molar refractivity (Wildman–Crippen MR) is 95.1 cm³/mol. The zero-order valence-electron chi connectivity index (χ0n) is 15.0. The van der Waals surface area contributed by atoms with Gasteiger partial charge in [-0.15, -0.1) is 0 Å². The zero-order chi connectivity index (χ0) is 15.8. The van der Waals surface area contributed by atoms with Gasteiger partial charge in [-0.3, -0.25) is 0 Å². The molecule has 0 radical (unpaired) electrons. The van der Waals surface area contributed by atoms with Gasteiger partial charge < -0.3 is 9.05 Å². The second-order valence-electron chi connectivity index (χ2n) is 7.26. The maximum absolute atomic E-state index is 6.33. The van der Waals surface area contributed by atoms with Gasteiger partial charge in [0.25, 0.3) is 0 Å². The molecule has 0 aromatic rings. The maximum atomic E-state index is 6.33. The summed E-state index contributed by atoms with van der Waals surface area (Å²) in [5, 5.41) is 0.378. The van der Waals surface area contributed by atoms with Gasteiger partial charge in [0.1, 0.15) is 0 Å². The van der Waals surface area contributed by atoms with E-state index in [4.69, 9.17) is 9.05 Å². The van der Waals surface area contributed by atoms with Crippen LogP contribution in [0.25, 0.3) is 0 Å². The lowest BCUT2D eigenvalue weighted by atomic mass is 10.3. The Morgan fingerprint density at radius 2 is 0.950 bits per heavy atom. The highest BCUT2D eigenvalue weighted by atomic mass is 32.1. The van der Waals surface area contributed by atoms with E-state index in [9.17, 15) is 0 Å². The van der Waals surface area contributed by atoms with Crippen molar-refractivity contribution in [3.8, 4) is 0 Å². The Balaban J connectivity index is 4.89. The topological polar surface area (TPSA) is 18.5 Å². The van der Waals surface area contributed by atoms with Crippen molar-refractivity contribution in [3.05, 3.63) is 0 Å².